The van der Waals surface area contributed by atoms with Gasteiger partial charge in [0, 0.05) is 18.2 Å². The molecule has 0 atom stereocenters. The summed E-state index contributed by atoms with van der Waals surface area (Å²) in [6.45, 7) is 6.37. The molecule has 1 aromatic rings. The third-order valence-corrected chi connectivity index (χ3v) is 3.16. The molecule has 0 aromatic heterocycles. The van der Waals surface area contributed by atoms with Crippen molar-refractivity contribution in [3.8, 4) is 5.75 Å². The lowest BCUT2D eigenvalue weighted by Crippen LogP contribution is -2.14. The Labute approximate surface area is 124 Å². The standard InChI is InChI=1S/C15H17Cl2NO/c1-4-6-15(11(5-2)10-18-3)19-12-7-8-13(16)14(17)9-12/h4-9,18H,1,10H2,2-3H3/b11-5-,15-6+. The van der Waals surface area contributed by atoms with Crippen molar-refractivity contribution >= 4 is 23.2 Å². The molecule has 1 aromatic carbocycles. The first-order valence-electron chi connectivity index (χ1n) is 5.88. The first-order valence-corrected chi connectivity index (χ1v) is 6.63. The van der Waals surface area contributed by atoms with Crippen molar-refractivity contribution in [1.29, 1.82) is 0 Å². The molecule has 1 rings (SSSR count). The van der Waals surface area contributed by atoms with Crippen molar-refractivity contribution in [3.63, 3.8) is 0 Å². The van der Waals surface area contributed by atoms with E-state index in [9.17, 15) is 0 Å². The van der Waals surface area contributed by atoms with Crippen LogP contribution in [0.25, 0.3) is 0 Å². The molecule has 102 valence electrons. The topological polar surface area (TPSA) is 21.3 Å². The van der Waals surface area contributed by atoms with Gasteiger partial charge in [-0.3, -0.25) is 0 Å². The van der Waals surface area contributed by atoms with E-state index in [4.69, 9.17) is 27.9 Å². The van der Waals surface area contributed by atoms with Crippen LogP contribution in [0.15, 0.2) is 54.3 Å². The molecule has 0 amide bonds. The van der Waals surface area contributed by atoms with E-state index in [1.807, 2.05) is 26.1 Å². The van der Waals surface area contributed by atoms with Crippen LogP contribution in [0.1, 0.15) is 6.92 Å². The van der Waals surface area contributed by atoms with E-state index in [-0.39, 0.29) is 0 Å². The van der Waals surface area contributed by atoms with Crippen molar-refractivity contribution < 1.29 is 4.74 Å². The summed E-state index contributed by atoms with van der Waals surface area (Å²) in [4.78, 5) is 0. The maximum absolute atomic E-state index is 5.97. The quantitative estimate of drug-likeness (QED) is 0.612. The van der Waals surface area contributed by atoms with Crippen LogP contribution in [0.3, 0.4) is 0 Å². The minimum absolute atomic E-state index is 0.466. The highest BCUT2D eigenvalue weighted by atomic mass is 35.5. The molecule has 0 unspecified atom stereocenters. The third-order valence-electron chi connectivity index (χ3n) is 2.42. The van der Waals surface area contributed by atoms with Crippen molar-refractivity contribution in [2.45, 2.75) is 6.92 Å². The van der Waals surface area contributed by atoms with Crippen LogP contribution in [0, 0.1) is 0 Å². The molecule has 0 heterocycles. The van der Waals surface area contributed by atoms with Crippen LogP contribution >= 0.6 is 23.2 Å². The van der Waals surface area contributed by atoms with E-state index in [0.29, 0.717) is 22.3 Å². The van der Waals surface area contributed by atoms with Gasteiger partial charge in [-0.05, 0) is 32.2 Å². The minimum atomic E-state index is 0.466. The molecular weight excluding hydrogens is 281 g/mol. The summed E-state index contributed by atoms with van der Waals surface area (Å²) >= 11 is 11.8. The van der Waals surface area contributed by atoms with Crippen LogP contribution in [0.5, 0.6) is 5.75 Å². The molecule has 0 saturated carbocycles. The number of likely N-dealkylation sites (N-methyl/N-ethyl adjacent to an activating group) is 1. The molecule has 0 radical (unpaired) electrons. The number of hydrogen-bond donors (Lipinski definition) is 1. The van der Waals surface area contributed by atoms with Gasteiger partial charge in [0.05, 0.1) is 10.0 Å². The molecule has 0 aliphatic carbocycles. The third kappa shape index (κ3) is 4.75. The van der Waals surface area contributed by atoms with Gasteiger partial charge >= 0.3 is 0 Å². The predicted molar refractivity (Wildman–Crippen MR) is 83.1 cm³/mol. The smallest absolute Gasteiger partial charge is 0.131 e. The highest BCUT2D eigenvalue weighted by molar-refractivity contribution is 6.42. The molecule has 0 bridgehead atoms. The van der Waals surface area contributed by atoms with E-state index in [1.54, 1.807) is 24.3 Å². The van der Waals surface area contributed by atoms with Gasteiger partial charge in [0.15, 0.2) is 0 Å². The monoisotopic (exact) mass is 297 g/mol. The van der Waals surface area contributed by atoms with E-state index >= 15 is 0 Å². The average Bonchev–Trinajstić information content (AvgIpc) is 2.40. The zero-order valence-corrected chi connectivity index (χ0v) is 12.6. The molecule has 2 nitrogen and oxygen atoms in total. The van der Waals surface area contributed by atoms with Gasteiger partial charge in [0.2, 0.25) is 0 Å². The summed E-state index contributed by atoms with van der Waals surface area (Å²) in [5.41, 5.74) is 1.04. The summed E-state index contributed by atoms with van der Waals surface area (Å²) in [5, 5.41) is 4.06. The maximum atomic E-state index is 5.97. The van der Waals surface area contributed by atoms with Crippen molar-refractivity contribution in [3.05, 3.63) is 64.4 Å². The number of benzene rings is 1. The molecule has 0 aliphatic rings. The van der Waals surface area contributed by atoms with Crippen LogP contribution in [0.2, 0.25) is 10.0 Å². The van der Waals surface area contributed by atoms with Crippen LogP contribution in [0.4, 0.5) is 0 Å². The second kappa shape index (κ2) is 8.05. The zero-order chi connectivity index (χ0) is 14.3. The lowest BCUT2D eigenvalue weighted by Gasteiger charge is -2.13. The number of halogens is 2. The fraction of sp³-hybridized carbons (Fsp3) is 0.200. The molecule has 4 heteroatoms. The van der Waals surface area contributed by atoms with E-state index in [1.165, 1.54) is 0 Å². The molecular formula is C15H17Cl2NO. The highest BCUT2D eigenvalue weighted by Crippen LogP contribution is 2.28. The first kappa shape index (κ1) is 15.8. The molecule has 1 N–H and O–H groups in total. The molecule has 0 spiro atoms. The molecule has 0 aliphatic heterocycles. The largest absolute Gasteiger partial charge is 0.457 e. The predicted octanol–water partition coefficient (Wildman–Crippen LogP) is 4.61. The summed E-state index contributed by atoms with van der Waals surface area (Å²) in [6, 6.07) is 5.17. The second-order valence-corrected chi connectivity index (χ2v) is 4.60. The number of allylic oxidation sites excluding steroid dienone is 3. The Morgan fingerprint density at radius 2 is 2.11 bits per heavy atom. The highest BCUT2D eigenvalue weighted by Gasteiger charge is 2.07. The second-order valence-electron chi connectivity index (χ2n) is 3.79. The fourth-order valence-corrected chi connectivity index (χ4v) is 1.79. The first-order chi connectivity index (χ1) is 9.12. The van der Waals surface area contributed by atoms with E-state index in [2.05, 4.69) is 11.9 Å². The normalized spacial score (nSPS) is 12.4. The lowest BCUT2D eigenvalue weighted by molar-refractivity contribution is 0.432. The van der Waals surface area contributed by atoms with Crippen LogP contribution in [-0.2, 0) is 0 Å². The molecule has 0 saturated heterocycles. The SMILES string of the molecule is C=C/C=C(Oc1ccc(Cl)c(Cl)c1)\C(=C/C)CNC. The van der Waals surface area contributed by atoms with Gasteiger partial charge < -0.3 is 10.1 Å². The Bertz CT molecular complexity index is 507. The van der Waals surface area contributed by atoms with Gasteiger partial charge in [-0.2, -0.15) is 0 Å². The van der Waals surface area contributed by atoms with Gasteiger partial charge in [-0.25, -0.2) is 0 Å². The van der Waals surface area contributed by atoms with Crippen LogP contribution < -0.4 is 10.1 Å². The van der Waals surface area contributed by atoms with Crippen molar-refractivity contribution in [2.24, 2.45) is 0 Å². The number of ether oxygens (including phenoxy) is 1. The summed E-state index contributed by atoms with van der Waals surface area (Å²) < 4.78 is 5.83. The fourth-order valence-electron chi connectivity index (χ4n) is 1.50. The van der Waals surface area contributed by atoms with E-state index < -0.39 is 0 Å². The minimum Gasteiger partial charge on any atom is -0.457 e. The van der Waals surface area contributed by atoms with Gasteiger partial charge in [0.1, 0.15) is 11.5 Å². The Kier molecular flexibility index (Phi) is 6.71. The average molecular weight is 298 g/mol. The van der Waals surface area contributed by atoms with Crippen LogP contribution in [-0.4, -0.2) is 13.6 Å². The Morgan fingerprint density at radius 1 is 1.37 bits per heavy atom. The number of nitrogens with one attached hydrogen (secondary N) is 1. The Hall–Kier alpha value is -1.22. The van der Waals surface area contributed by atoms with Gasteiger partial charge in [0.25, 0.3) is 0 Å². The lowest BCUT2D eigenvalue weighted by atomic mass is 10.2. The molecule has 0 fully saturated rings. The Balaban J connectivity index is 2.99. The summed E-state index contributed by atoms with van der Waals surface area (Å²) in [5.74, 6) is 1.36. The number of hydrogen-bond acceptors (Lipinski definition) is 2. The van der Waals surface area contributed by atoms with Crippen molar-refractivity contribution in [2.75, 3.05) is 13.6 Å². The maximum Gasteiger partial charge on any atom is 0.131 e. The van der Waals surface area contributed by atoms with Gasteiger partial charge in [-0.1, -0.05) is 41.9 Å². The molecule has 19 heavy (non-hydrogen) atoms. The van der Waals surface area contributed by atoms with E-state index in [0.717, 1.165) is 11.3 Å². The number of rotatable bonds is 6. The van der Waals surface area contributed by atoms with Gasteiger partial charge in [-0.15, -0.1) is 0 Å². The summed E-state index contributed by atoms with van der Waals surface area (Å²) in [6.07, 6.45) is 5.49. The summed E-state index contributed by atoms with van der Waals surface area (Å²) in [7, 11) is 1.88. The van der Waals surface area contributed by atoms with Crippen molar-refractivity contribution in [1.82, 2.24) is 5.32 Å². The Morgan fingerprint density at radius 3 is 2.63 bits per heavy atom. The zero-order valence-electron chi connectivity index (χ0n) is 11.0.